The maximum absolute atomic E-state index is 12.6. The van der Waals surface area contributed by atoms with Gasteiger partial charge >= 0.3 is 0 Å². The van der Waals surface area contributed by atoms with Crippen molar-refractivity contribution in [2.45, 2.75) is 19.3 Å². The lowest BCUT2D eigenvalue weighted by molar-refractivity contribution is 0.0724. The number of benzene rings is 2. The van der Waals surface area contributed by atoms with E-state index in [1.54, 1.807) is 21.3 Å². The van der Waals surface area contributed by atoms with Crippen LogP contribution in [-0.2, 0) is 0 Å². The zero-order chi connectivity index (χ0) is 18.5. The normalized spacial score (nSPS) is 14.0. The molecule has 0 saturated carbocycles. The van der Waals surface area contributed by atoms with E-state index < -0.39 is 0 Å². The van der Waals surface area contributed by atoms with Crippen molar-refractivity contribution in [2.75, 3.05) is 34.4 Å². The molecule has 1 aliphatic heterocycles. The van der Waals surface area contributed by atoms with Gasteiger partial charge in [-0.25, -0.2) is 0 Å². The van der Waals surface area contributed by atoms with E-state index in [0.717, 1.165) is 42.6 Å². The molecular formula is C21H25NO4. The van der Waals surface area contributed by atoms with Gasteiger partial charge < -0.3 is 19.1 Å². The number of amides is 1. The molecule has 5 heteroatoms. The van der Waals surface area contributed by atoms with Crippen LogP contribution >= 0.6 is 0 Å². The van der Waals surface area contributed by atoms with Crippen LogP contribution < -0.4 is 14.2 Å². The lowest BCUT2D eigenvalue weighted by atomic mass is 10.0. The van der Waals surface area contributed by atoms with Crippen molar-refractivity contribution in [3.05, 3.63) is 42.0 Å². The fourth-order valence-electron chi connectivity index (χ4n) is 3.40. The first-order chi connectivity index (χ1) is 12.7. The van der Waals surface area contributed by atoms with E-state index >= 15 is 0 Å². The summed E-state index contributed by atoms with van der Waals surface area (Å²) in [4.78, 5) is 14.6. The fraction of sp³-hybridized carbons (Fsp3) is 0.381. The van der Waals surface area contributed by atoms with Gasteiger partial charge in [0.05, 0.1) is 21.3 Å². The van der Waals surface area contributed by atoms with Crippen molar-refractivity contribution >= 4 is 5.91 Å². The van der Waals surface area contributed by atoms with Crippen LogP contribution in [0.5, 0.6) is 17.2 Å². The highest BCUT2D eigenvalue weighted by Crippen LogP contribution is 2.44. The molecule has 3 rings (SSSR count). The van der Waals surface area contributed by atoms with E-state index in [1.165, 1.54) is 6.42 Å². The Morgan fingerprint density at radius 3 is 2.04 bits per heavy atom. The van der Waals surface area contributed by atoms with Crippen LogP contribution in [0.1, 0.15) is 29.6 Å². The summed E-state index contributed by atoms with van der Waals surface area (Å²) in [6.45, 7) is 1.70. The molecule has 1 fully saturated rings. The summed E-state index contributed by atoms with van der Waals surface area (Å²) in [5, 5.41) is 0. The highest BCUT2D eigenvalue weighted by molar-refractivity contribution is 5.95. The third-order valence-electron chi connectivity index (χ3n) is 4.79. The Morgan fingerprint density at radius 2 is 1.46 bits per heavy atom. The molecule has 0 radical (unpaired) electrons. The molecule has 5 nitrogen and oxygen atoms in total. The SMILES string of the molecule is COc1ccc(-c2ccc(C(=O)N3CCCCC3)cc2)c(OC)c1OC. The number of carbonyl (C=O) groups excluding carboxylic acids is 1. The molecule has 2 aromatic rings. The zero-order valence-corrected chi connectivity index (χ0v) is 15.6. The first-order valence-corrected chi connectivity index (χ1v) is 8.88. The summed E-state index contributed by atoms with van der Waals surface area (Å²) >= 11 is 0. The molecule has 0 spiro atoms. The molecule has 0 unspecified atom stereocenters. The summed E-state index contributed by atoms with van der Waals surface area (Å²) in [6.07, 6.45) is 3.39. The highest BCUT2D eigenvalue weighted by Gasteiger charge is 2.20. The number of likely N-dealkylation sites (tertiary alicyclic amines) is 1. The Bertz CT molecular complexity index is 764. The molecule has 26 heavy (non-hydrogen) atoms. The molecule has 0 bridgehead atoms. The number of ether oxygens (including phenoxy) is 3. The van der Waals surface area contributed by atoms with Gasteiger partial charge in [-0.05, 0) is 49.1 Å². The van der Waals surface area contributed by atoms with Crippen molar-refractivity contribution in [3.8, 4) is 28.4 Å². The number of nitrogens with zero attached hydrogens (tertiary/aromatic N) is 1. The van der Waals surface area contributed by atoms with Gasteiger partial charge in [0.2, 0.25) is 5.75 Å². The Labute approximate surface area is 154 Å². The third kappa shape index (κ3) is 3.47. The first-order valence-electron chi connectivity index (χ1n) is 8.88. The van der Waals surface area contributed by atoms with Crippen molar-refractivity contribution < 1.29 is 19.0 Å². The van der Waals surface area contributed by atoms with Crippen LogP contribution in [0.15, 0.2) is 36.4 Å². The largest absolute Gasteiger partial charge is 0.493 e. The van der Waals surface area contributed by atoms with Crippen LogP contribution in [0.25, 0.3) is 11.1 Å². The number of carbonyl (C=O) groups is 1. The van der Waals surface area contributed by atoms with E-state index in [-0.39, 0.29) is 5.91 Å². The predicted octanol–water partition coefficient (Wildman–Crippen LogP) is 4.01. The topological polar surface area (TPSA) is 48.0 Å². The maximum atomic E-state index is 12.6. The van der Waals surface area contributed by atoms with E-state index in [9.17, 15) is 4.79 Å². The lowest BCUT2D eigenvalue weighted by Crippen LogP contribution is -2.35. The van der Waals surface area contributed by atoms with Gasteiger partial charge in [-0.15, -0.1) is 0 Å². The molecule has 1 aliphatic rings. The minimum Gasteiger partial charge on any atom is -0.493 e. The Morgan fingerprint density at radius 1 is 0.808 bits per heavy atom. The van der Waals surface area contributed by atoms with Crippen LogP contribution in [0.3, 0.4) is 0 Å². The predicted molar refractivity (Wildman–Crippen MR) is 101 cm³/mol. The van der Waals surface area contributed by atoms with Gasteiger partial charge in [-0.1, -0.05) is 12.1 Å². The molecule has 0 aromatic heterocycles. The maximum Gasteiger partial charge on any atom is 0.253 e. The summed E-state index contributed by atoms with van der Waals surface area (Å²) < 4.78 is 16.3. The van der Waals surface area contributed by atoms with Gasteiger partial charge in [0.25, 0.3) is 5.91 Å². The molecule has 0 aliphatic carbocycles. The minimum atomic E-state index is 0.107. The van der Waals surface area contributed by atoms with Gasteiger partial charge in [0.15, 0.2) is 11.5 Å². The van der Waals surface area contributed by atoms with Crippen LogP contribution in [0.4, 0.5) is 0 Å². The second-order valence-corrected chi connectivity index (χ2v) is 6.31. The molecule has 1 heterocycles. The van der Waals surface area contributed by atoms with Crippen LogP contribution in [-0.4, -0.2) is 45.2 Å². The Hall–Kier alpha value is -2.69. The minimum absolute atomic E-state index is 0.107. The van der Waals surface area contributed by atoms with Crippen molar-refractivity contribution in [3.63, 3.8) is 0 Å². The molecule has 1 saturated heterocycles. The fourth-order valence-corrected chi connectivity index (χ4v) is 3.40. The average Bonchev–Trinajstić information content (AvgIpc) is 2.72. The van der Waals surface area contributed by atoms with Crippen molar-refractivity contribution in [2.24, 2.45) is 0 Å². The smallest absolute Gasteiger partial charge is 0.253 e. The van der Waals surface area contributed by atoms with Crippen LogP contribution in [0, 0.1) is 0 Å². The van der Waals surface area contributed by atoms with E-state index in [2.05, 4.69) is 0 Å². The summed E-state index contributed by atoms with van der Waals surface area (Å²) in [5.41, 5.74) is 2.57. The van der Waals surface area contributed by atoms with Gasteiger partial charge in [0, 0.05) is 24.2 Å². The monoisotopic (exact) mass is 355 g/mol. The molecule has 0 atom stereocenters. The standard InChI is InChI=1S/C21H25NO4/c1-24-18-12-11-17(19(25-2)20(18)26-3)15-7-9-16(10-8-15)21(23)22-13-5-4-6-14-22/h7-12H,4-6,13-14H2,1-3H3. The van der Waals surface area contributed by atoms with Gasteiger partial charge in [-0.3, -0.25) is 4.79 Å². The number of piperidine rings is 1. The van der Waals surface area contributed by atoms with Crippen molar-refractivity contribution in [1.29, 1.82) is 0 Å². The zero-order valence-electron chi connectivity index (χ0n) is 15.6. The Kier molecular flexibility index (Phi) is 5.66. The lowest BCUT2D eigenvalue weighted by Gasteiger charge is -2.26. The average molecular weight is 355 g/mol. The van der Waals surface area contributed by atoms with E-state index in [0.29, 0.717) is 17.2 Å². The molecule has 2 aromatic carbocycles. The summed E-state index contributed by atoms with van der Waals surface area (Å²) in [6, 6.07) is 11.4. The summed E-state index contributed by atoms with van der Waals surface area (Å²) in [5.74, 6) is 1.89. The van der Waals surface area contributed by atoms with E-state index in [4.69, 9.17) is 14.2 Å². The van der Waals surface area contributed by atoms with E-state index in [1.807, 2.05) is 41.3 Å². The Balaban J connectivity index is 1.90. The highest BCUT2D eigenvalue weighted by atomic mass is 16.5. The second-order valence-electron chi connectivity index (χ2n) is 6.31. The quantitative estimate of drug-likeness (QED) is 0.813. The molecule has 1 amide bonds. The first kappa shape index (κ1) is 18.1. The van der Waals surface area contributed by atoms with Crippen LogP contribution in [0.2, 0.25) is 0 Å². The number of hydrogen-bond donors (Lipinski definition) is 0. The number of hydrogen-bond acceptors (Lipinski definition) is 4. The van der Waals surface area contributed by atoms with Gasteiger partial charge in [-0.2, -0.15) is 0 Å². The molecule has 0 N–H and O–H groups in total. The second kappa shape index (κ2) is 8.13. The molecule has 138 valence electrons. The third-order valence-corrected chi connectivity index (χ3v) is 4.79. The molecular weight excluding hydrogens is 330 g/mol. The van der Waals surface area contributed by atoms with Crippen molar-refractivity contribution in [1.82, 2.24) is 4.90 Å². The number of rotatable bonds is 5. The number of methoxy groups -OCH3 is 3. The summed E-state index contributed by atoms with van der Waals surface area (Å²) in [7, 11) is 4.79. The van der Waals surface area contributed by atoms with Gasteiger partial charge in [0.1, 0.15) is 0 Å².